The van der Waals surface area contributed by atoms with Gasteiger partial charge >= 0.3 is 6.03 Å². The number of rotatable bonds is 1. The number of carbonyl (C=O) groups excluding carboxylic acids is 1. The molecule has 0 fully saturated rings. The Morgan fingerprint density at radius 1 is 1.43 bits per heavy atom. The quantitative estimate of drug-likeness (QED) is 0.508. The summed E-state index contributed by atoms with van der Waals surface area (Å²) in [6.45, 7) is 1.73. The molecule has 3 heterocycles. The molecule has 8 nitrogen and oxygen atoms in total. The number of nitro benzene ring substituents is 1. The number of benzene rings is 1. The van der Waals surface area contributed by atoms with Crippen molar-refractivity contribution in [2.24, 2.45) is 0 Å². The van der Waals surface area contributed by atoms with Crippen molar-refractivity contribution in [2.75, 3.05) is 14.1 Å². The highest BCUT2D eigenvalue weighted by molar-refractivity contribution is 7.24. The number of hydrogen-bond donors (Lipinski definition) is 0. The minimum atomic E-state index is -0.348. The minimum Gasteiger partial charge on any atom is -0.329 e. The lowest BCUT2D eigenvalue weighted by atomic mass is 10.3. The second-order valence-corrected chi connectivity index (χ2v) is 5.50. The summed E-state index contributed by atoms with van der Waals surface area (Å²) in [6.07, 6.45) is 1.36. The van der Waals surface area contributed by atoms with Crippen LogP contribution in [0.3, 0.4) is 0 Å². The molecule has 0 saturated heterocycles. The predicted molar refractivity (Wildman–Crippen MR) is 78.9 cm³/mol. The SMILES string of the molecule is Cc1ncnn1C(=O)N(C)C.O=[N+]([O-])c1cc2ccc1s2. The maximum Gasteiger partial charge on any atom is 0.345 e. The van der Waals surface area contributed by atoms with Crippen molar-refractivity contribution in [3.05, 3.63) is 40.5 Å². The Labute approximate surface area is 124 Å². The molecule has 0 aliphatic heterocycles. The normalized spacial score (nSPS) is 10.2. The molecule has 2 bridgehead atoms. The Hall–Kier alpha value is -2.55. The number of thiophene rings is 2. The van der Waals surface area contributed by atoms with Crippen LogP contribution in [0.4, 0.5) is 10.5 Å². The molecule has 3 aromatic heterocycles. The predicted octanol–water partition coefficient (Wildman–Crippen LogP) is 2.36. The largest absolute Gasteiger partial charge is 0.345 e. The van der Waals surface area contributed by atoms with E-state index in [4.69, 9.17) is 0 Å². The zero-order valence-electron chi connectivity index (χ0n) is 11.7. The molecule has 0 N–H and O–H groups in total. The van der Waals surface area contributed by atoms with Crippen LogP contribution >= 0.6 is 11.3 Å². The topological polar surface area (TPSA) is 94.2 Å². The monoisotopic (exact) mass is 307 g/mol. The Balaban J connectivity index is 0.000000154. The first-order valence-electron chi connectivity index (χ1n) is 5.94. The molecule has 0 aliphatic rings. The summed E-state index contributed by atoms with van der Waals surface area (Å²) in [5, 5.41) is 14.0. The third-order valence-corrected chi connectivity index (χ3v) is 3.69. The van der Waals surface area contributed by atoms with Crippen molar-refractivity contribution in [3.63, 3.8) is 0 Å². The third kappa shape index (κ3) is 3.14. The standard InChI is InChI=1S/C6H10N4O.C6H3NO2S/c1-5-7-4-8-10(5)6(11)9(2)3;8-7(9)5-3-4-1-2-6(5)10-4/h4H,1-3H3;1-3H. The van der Waals surface area contributed by atoms with E-state index < -0.39 is 0 Å². The highest BCUT2D eigenvalue weighted by Crippen LogP contribution is 2.33. The summed E-state index contributed by atoms with van der Waals surface area (Å²) in [4.78, 5) is 26.4. The van der Waals surface area contributed by atoms with Gasteiger partial charge in [0.2, 0.25) is 0 Å². The number of nitro groups is 1. The van der Waals surface area contributed by atoms with E-state index in [1.54, 1.807) is 33.2 Å². The molecule has 0 saturated carbocycles. The van der Waals surface area contributed by atoms with E-state index in [1.807, 2.05) is 6.07 Å². The average molecular weight is 307 g/mol. The van der Waals surface area contributed by atoms with Crippen LogP contribution in [0.1, 0.15) is 5.82 Å². The lowest BCUT2D eigenvalue weighted by Crippen LogP contribution is -2.28. The van der Waals surface area contributed by atoms with Gasteiger partial charge in [-0.05, 0) is 19.1 Å². The van der Waals surface area contributed by atoms with E-state index in [0.717, 1.165) is 9.40 Å². The molecule has 9 heteroatoms. The second kappa shape index (κ2) is 5.83. The first-order valence-corrected chi connectivity index (χ1v) is 6.76. The fourth-order valence-corrected chi connectivity index (χ4v) is 2.53. The van der Waals surface area contributed by atoms with Crippen molar-refractivity contribution in [1.29, 1.82) is 0 Å². The van der Waals surface area contributed by atoms with Gasteiger partial charge in [-0.3, -0.25) is 10.1 Å². The Morgan fingerprint density at radius 2 is 2.14 bits per heavy atom. The van der Waals surface area contributed by atoms with Gasteiger partial charge < -0.3 is 4.90 Å². The lowest BCUT2D eigenvalue weighted by molar-refractivity contribution is -0.382. The molecular formula is C12H13N5O3S. The molecule has 3 rings (SSSR count). The summed E-state index contributed by atoms with van der Waals surface area (Å²) in [5.74, 6) is 0.601. The van der Waals surface area contributed by atoms with Crippen molar-refractivity contribution >= 4 is 32.5 Å². The van der Waals surface area contributed by atoms with Crippen LogP contribution in [0.25, 0.3) is 9.40 Å². The third-order valence-electron chi connectivity index (χ3n) is 2.64. The second-order valence-electron chi connectivity index (χ2n) is 4.38. The van der Waals surface area contributed by atoms with Gasteiger partial charge in [0, 0.05) is 24.9 Å². The van der Waals surface area contributed by atoms with Crippen LogP contribution in [0, 0.1) is 17.0 Å². The van der Waals surface area contributed by atoms with E-state index in [2.05, 4.69) is 10.1 Å². The molecule has 0 atom stereocenters. The lowest BCUT2D eigenvalue weighted by Gasteiger charge is -2.09. The molecule has 21 heavy (non-hydrogen) atoms. The first-order chi connectivity index (χ1) is 9.90. The Kier molecular flexibility index (Phi) is 4.13. The number of carbonyl (C=O) groups is 1. The van der Waals surface area contributed by atoms with Gasteiger partial charge in [-0.1, -0.05) is 0 Å². The summed E-state index contributed by atoms with van der Waals surface area (Å²) < 4.78 is 2.99. The van der Waals surface area contributed by atoms with Crippen LogP contribution in [-0.4, -0.2) is 44.7 Å². The van der Waals surface area contributed by atoms with Crippen LogP contribution in [0.15, 0.2) is 24.5 Å². The Morgan fingerprint density at radius 3 is 2.48 bits per heavy atom. The molecular weight excluding hydrogens is 294 g/mol. The van der Waals surface area contributed by atoms with Gasteiger partial charge in [-0.25, -0.2) is 9.78 Å². The summed E-state index contributed by atoms with van der Waals surface area (Å²) in [6, 6.07) is 5.07. The van der Waals surface area contributed by atoms with Crippen LogP contribution < -0.4 is 0 Å². The molecule has 1 amide bonds. The van der Waals surface area contributed by atoms with E-state index in [0.29, 0.717) is 5.82 Å². The van der Waals surface area contributed by atoms with E-state index in [9.17, 15) is 14.9 Å². The van der Waals surface area contributed by atoms with Crippen molar-refractivity contribution < 1.29 is 9.72 Å². The molecule has 0 aromatic carbocycles. The van der Waals surface area contributed by atoms with Gasteiger partial charge in [-0.15, -0.1) is 11.3 Å². The minimum absolute atomic E-state index is 0.181. The number of non-ortho nitro benzene ring substituents is 1. The van der Waals surface area contributed by atoms with Gasteiger partial charge in [0.05, 0.1) is 4.92 Å². The molecule has 0 unspecified atom stereocenters. The van der Waals surface area contributed by atoms with Gasteiger partial charge in [-0.2, -0.15) is 9.78 Å². The number of nitrogens with zero attached hydrogens (tertiary/aromatic N) is 5. The van der Waals surface area contributed by atoms with Crippen molar-refractivity contribution in [1.82, 2.24) is 19.7 Å². The highest BCUT2D eigenvalue weighted by atomic mass is 32.1. The van der Waals surface area contributed by atoms with Crippen LogP contribution in [0.5, 0.6) is 0 Å². The molecule has 0 spiro atoms. The number of aryl methyl sites for hydroxylation is 1. The number of amides is 1. The van der Waals surface area contributed by atoms with Crippen LogP contribution in [0.2, 0.25) is 0 Å². The summed E-state index contributed by atoms with van der Waals surface area (Å²) >= 11 is 1.46. The zero-order valence-corrected chi connectivity index (χ0v) is 12.5. The van der Waals surface area contributed by atoms with Crippen molar-refractivity contribution in [3.8, 4) is 0 Å². The number of fused-ring (bicyclic) bond motifs is 2. The smallest absolute Gasteiger partial charge is 0.329 e. The molecule has 0 aliphatic carbocycles. The molecule has 110 valence electrons. The maximum absolute atomic E-state index is 11.2. The highest BCUT2D eigenvalue weighted by Gasteiger charge is 2.13. The van der Waals surface area contributed by atoms with Gasteiger partial charge in [0.25, 0.3) is 5.69 Å². The summed E-state index contributed by atoms with van der Waals surface area (Å²) in [5.41, 5.74) is 0.238. The van der Waals surface area contributed by atoms with Gasteiger partial charge in [0.15, 0.2) is 0 Å². The Bertz CT molecular complexity index is 763. The zero-order chi connectivity index (χ0) is 15.6. The number of aromatic nitrogens is 3. The first kappa shape index (κ1) is 14.9. The summed E-state index contributed by atoms with van der Waals surface area (Å²) in [7, 11) is 3.34. The molecule has 0 radical (unpaired) electrons. The number of hydrogen-bond acceptors (Lipinski definition) is 6. The maximum atomic E-state index is 11.2. The van der Waals surface area contributed by atoms with E-state index >= 15 is 0 Å². The fourth-order valence-electron chi connectivity index (χ4n) is 1.59. The van der Waals surface area contributed by atoms with Crippen LogP contribution in [-0.2, 0) is 0 Å². The van der Waals surface area contributed by atoms with Gasteiger partial charge in [0.1, 0.15) is 16.9 Å². The molecule has 3 aromatic rings. The van der Waals surface area contributed by atoms with E-state index in [1.165, 1.54) is 27.2 Å². The van der Waals surface area contributed by atoms with Crippen molar-refractivity contribution in [2.45, 2.75) is 6.92 Å². The van der Waals surface area contributed by atoms with E-state index in [-0.39, 0.29) is 16.6 Å². The average Bonchev–Trinajstić information content (AvgIpc) is 3.14. The fraction of sp³-hybridized carbons (Fsp3) is 0.250.